The van der Waals surface area contributed by atoms with Crippen LogP contribution in [0.4, 0.5) is 0 Å². The van der Waals surface area contributed by atoms with Gasteiger partial charge >= 0.3 is 0 Å². The number of nitrogens with zero attached hydrogens (tertiary/aromatic N) is 1. The highest BCUT2D eigenvalue weighted by Crippen LogP contribution is 2.35. The second kappa shape index (κ2) is 4.03. The number of allylic oxidation sites excluding steroid dienone is 1. The van der Waals surface area contributed by atoms with Crippen molar-refractivity contribution in [2.75, 3.05) is 26.8 Å². The van der Waals surface area contributed by atoms with Gasteiger partial charge < -0.3 is 5.32 Å². The van der Waals surface area contributed by atoms with E-state index in [0.29, 0.717) is 5.41 Å². The van der Waals surface area contributed by atoms with Gasteiger partial charge in [-0.3, -0.25) is 4.90 Å². The Morgan fingerprint density at radius 2 is 2.29 bits per heavy atom. The third kappa shape index (κ3) is 2.01. The molecule has 1 aliphatic heterocycles. The van der Waals surface area contributed by atoms with E-state index in [1.54, 1.807) is 5.57 Å². The van der Waals surface area contributed by atoms with Crippen LogP contribution < -0.4 is 5.32 Å². The van der Waals surface area contributed by atoms with Crippen molar-refractivity contribution in [1.82, 2.24) is 10.2 Å². The summed E-state index contributed by atoms with van der Waals surface area (Å²) in [5, 5.41) is 3.51. The van der Waals surface area contributed by atoms with Gasteiger partial charge in [-0.25, -0.2) is 0 Å². The van der Waals surface area contributed by atoms with Gasteiger partial charge in [-0.1, -0.05) is 18.6 Å². The van der Waals surface area contributed by atoms with Gasteiger partial charge in [-0.05, 0) is 32.7 Å². The lowest BCUT2D eigenvalue weighted by Gasteiger charge is -2.42. The van der Waals surface area contributed by atoms with Crippen LogP contribution in [0.2, 0.25) is 0 Å². The van der Waals surface area contributed by atoms with Crippen molar-refractivity contribution in [2.45, 2.75) is 32.6 Å². The second-order valence-corrected chi connectivity index (χ2v) is 5.13. The number of rotatable bonds is 1. The molecule has 0 aromatic carbocycles. The zero-order chi connectivity index (χ0) is 10.0. The molecule has 1 heterocycles. The molecule has 1 aliphatic carbocycles. The van der Waals surface area contributed by atoms with Crippen LogP contribution in [0.15, 0.2) is 11.6 Å². The fourth-order valence-corrected chi connectivity index (χ4v) is 2.83. The van der Waals surface area contributed by atoms with Gasteiger partial charge in [0.25, 0.3) is 0 Å². The summed E-state index contributed by atoms with van der Waals surface area (Å²) in [5.74, 6) is 0. The zero-order valence-electron chi connectivity index (χ0n) is 9.47. The van der Waals surface area contributed by atoms with Gasteiger partial charge in [0.15, 0.2) is 0 Å². The van der Waals surface area contributed by atoms with E-state index in [1.165, 1.54) is 32.2 Å². The SMILES string of the molecule is CN1CNC[C@@](C)(C2=CCCCC2)C1. The molecule has 2 heteroatoms. The summed E-state index contributed by atoms with van der Waals surface area (Å²) >= 11 is 0. The fourth-order valence-electron chi connectivity index (χ4n) is 2.83. The highest BCUT2D eigenvalue weighted by atomic mass is 15.2. The fraction of sp³-hybridized carbons (Fsp3) is 0.833. The first-order valence-electron chi connectivity index (χ1n) is 5.79. The van der Waals surface area contributed by atoms with Gasteiger partial charge in [-0.15, -0.1) is 0 Å². The molecule has 2 rings (SSSR count). The Morgan fingerprint density at radius 3 is 2.93 bits per heavy atom. The Balaban J connectivity index is 2.09. The molecule has 0 aromatic heterocycles. The van der Waals surface area contributed by atoms with E-state index in [4.69, 9.17) is 0 Å². The van der Waals surface area contributed by atoms with Gasteiger partial charge in [0.2, 0.25) is 0 Å². The molecule has 1 N–H and O–H groups in total. The number of hydrogen-bond donors (Lipinski definition) is 1. The van der Waals surface area contributed by atoms with Crippen molar-refractivity contribution in [1.29, 1.82) is 0 Å². The molecular formula is C12H22N2. The highest BCUT2D eigenvalue weighted by Gasteiger charge is 2.33. The maximum absolute atomic E-state index is 3.51. The van der Waals surface area contributed by atoms with Crippen molar-refractivity contribution in [3.05, 3.63) is 11.6 Å². The van der Waals surface area contributed by atoms with Crippen molar-refractivity contribution < 1.29 is 0 Å². The van der Waals surface area contributed by atoms with Crippen LogP contribution in [0, 0.1) is 5.41 Å². The first kappa shape index (κ1) is 10.2. The summed E-state index contributed by atoms with van der Waals surface area (Å²) < 4.78 is 0. The van der Waals surface area contributed by atoms with E-state index in [1.807, 2.05) is 0 Å². The first-order chi connectivity index (χ1) is 6.71. The topological polar surface area (TPSA) is 15.3 Å². The minimum absolute atomic E-state index is 0.396. The summed E-state index contributed by atoms with van der Waals surface area (Å²) in [6.07, 6.45) is 7.90. The van der Waals surface area contributed by atoms with E-state index in [2.05, 4.69) is 30.3 Å². The van der Waals surface area contributed by atoms with Crippen LogP contribution in [-0.2, 0) is 0 Å². The lowest BCUT2D eigenvalue weighted by Crippen LogP contribution is -2.51. The number of hydrogen-bond acceptors (Lipinski definition) is 2. The Kier molecular flexibility index (Phi) is 2.93. The quantitative estimate of drug-likeness (QED) is 0.642. The predicted molar refractivity (Wildman–Crippen MR) is 60.2 cm³/mol. The molecule has 0 aromatic rings. The van der Waals surface area contributed by atoms with Crippen LogP contribution in [0.3, 0.4) is 0 Å². The van der Waals surface area contributed by atoms with E-state index in [0.717, 1.165) is 13.2 Å². The molecular weight excluding hydrogens is 172 g/mol. The van der Waals surface area contributed by atoms with Gasteiger partial charge in [0.05, 0.1) is 0 Å². The predicted octanol–water partition coefficient (Wildman–Crippen LogP) is 1.99. The van der Waals surface area contributed by atoms with Crippen molar-refractivity contribution in [3.8, 4) is 0 Å². The van der Waals surface area contributed by atoms with E-state index in [9.17, 15) is 0 Å². The summed E-state index contributed by atoms with van der Waals surface area (Å²) in [6.45, 7) is 5.82. The van der Waals surface area contributed by atoms with Crippen molar-refractivity contribution in [3.63, 3.8) is 0 Å². The standard InChI is InChI=1S/C12H22N2/c1-12(8-13-10-14(2)9-12)11-6-4-3-5-7-11/h6,13H,3-5,7-10H2,1-2H3/t12-/m1/s1. The van der Waals surface area contributed by atoms with Crippen LogP contribution in [0.5, 0.6) is 0 Å². The minimum atomic E-state index is 0.396. The van der Waals surface area contributed by atoms with Crippen molar-refractivity contribution >= 4 is 0 Å². The molecule has 0 bridgehead atoms. The monoisotopic (exact) mass is 194 g/mol. The van der Waals surface area contributed by atoms with E-state index < -0.39 is 0 Å². The molecule has 14 heavy (non-hydrogen) atoms. The molecule has 2 nitrogen and oxygen atoms in total. The maximum atomic E-state index is 3.51. The average molecular weight is 194 g/mol. The molecule has 0 unspecified atom stereocenters. The Bertz CT molecular complexity index is 234. The molecule has 2 aliphatic rings. The largest absolute Gasteiger partial charge is 0.303 e. The average Bonchev–Trinajstić information content (AvgIpc) is 2.19. The Hall–Kier alpha value is -0.340. The lowest BCUT2D eigenvalue weighted by molar-refractivity contribution is 0.149. The smallest absolute Gasteiger partial charge is 0.0478 e. The molecule has 1 saturated heterocycles. The van der Waals surface area contributed by atoms with Gasteiger partial charge in [-0.2, -0.15) is 0 Å². The Labute approximate surface area is 87.4 Å². The van der Waals surface area contributed by atoms with Crippen molar-refractivity contribution in [2.24, 2.45) is 5.41 Å². The highest BCUT2D eigenvalue weighted by molar-refractivity contribution is 5.18. The zero-order valence-corrected chi connectivity index (χ0v) is 9.47. The molecule has 1 fully saturated rings. The lowest BCUT2D eigenvalue weighted by atomic mass is 9.76. The molecule has 1 atom stereocenters. The molecule has 0 spiro atoms. The maximum Gasteiger partial charge on any atom is 0.0478 e. The first-order valence-corrected chi connectivity index (χ1v) is 5.79. The van der Waals surface area contributed by atoms with Crippen LogP contribution >= 0.6 is 0 Å². The summed E-state index contributed by atoms with van der Waals surface area (Å²) in [5.41, 5.74) is 2.09. The van der Waals surface area contributed by atoms with Crippen LogP contribution in [-0.4, -0.2) is 31.7 Å². The Morgan fingerprint density at radius 1 is 1.43 bits per heavy atom. The third-order valence-electron chi connectivity index (χ3n) is 3.58. The summed E-state index contributed by atoms with van der Waals surface area (Å²) in [6, 6.07) is 0. The van der Waals surface area contributed by atoms with E-state index >= 15 is 0 Å². The summed E-state index contributed by atoms with van der Waals surface area (Å²) in [4.78, 5) is 2.39. The minimum Gasteiger partial charge on any atom is -0.303 e. The number of nitrogens with one attached hydrogen (secondary N) is 1. The van der Waals surface area contributed by atoms with E-state index in [-0.39, 0.29) is 0 Å². The third-order valence-corrected chi connectivity index (χ3v) is 3.58. The van der Waals surface area contributed by atoms with Crippen LogP contribution in [0.25, 0.3) is 0 Å². The van der Waals surface area contributed by atoms with Gasteiger partial charge in [0, 0.05) is 25.2 Å². The molecule has 0 saturated carbocycles. The van der Waals surface area contributed by atoms with Gasteiger partial charge in [0.1, 0.15) is 0 Å². The molecule has 0 radical (unpaired) electrons. The summed E-state index contributed by atoms with van der Waals surface area (Å²) in [7, 11) is 2.20. The normalized spacial score (nSPS) is 35.4. The molecule has 0 amide bonds. The van der Waals surface area contributed by atoms with Crippen LogP contribution in [0.1, 0.15) is 32.6 Å². The molecule has 80 valence electrons. The second-order valence-electron chi connectivity index (χ2n) is 5.13.